The standard InChI is InChI=1S/C19H14F3N3OS/c20-19(21,22)26-15-7-5-14(6-8-15)16(17-11-27-18(24)25-17)9-12-1-3-13(10-23)4-2-12/h1-8,11,16H,9H2,(H2,24,25)/p+1. The van der Waals surface area contributed by atoms with Gasteiger partial charge >= 0.3 is 11.5 Å². The van der Waals surface area contributed by atoms with Crippen LogP contribution in [0.4, 0.5) is 18.3 Å². The van der Waals surface area contributed by atoms with Crippen molar-refractivity contribution in [1.29, 1.82) is 5.26 Å². The molecule has 1 unspecified atom stereocenters. The Morgan fingerprint density at radius 3 is 2.30 bits per heavy atom. The maximum Gasteiger partial charge on any atom is 0.573 e. The minimum atomic E-state index is -4.72. The van der Waals surface area contributed by atoms with Gasteiger partial charge < -0.3 is 4.74 Å². The number of aromatic amines is 1. The number of nitrogen functional groups attached to an aromatic ring is 1. The van der Waals surface area contributed by atoms with E-state index in [-0.39, 0.29) is 11.7 Å². The highest BCUT2D eigenvalue weighted by Gasteiger charge is 2.31. The van der Waals surface area contributed by atoms with Gasteiger partial charge in [-0.05, 0) is 41.8 Å². The zero-order valence-electron chi connectivity index (χ0n) is 14.0. The summed E-state index contributed by atoms with van der Waals surface area (Å²) in [6.45, 7) is 0. The predicted octanol–water partition coefficient (Wildman–Crippen LogP) is 4.29. The van der Waals surface area contributed by atoms with E-state index in [4.69, 9.17) is 11.0 Å². The van der Waals surface area contributed by atoms with Gasteiger partial charge in [-0.25, -0.2) is 4.98 Å². The Balaban J connectivity index is 1.89. The molecular formula is C19H15F3N3OS+. The monoisotopic (exact) mass is 390 g/mol. The number of H-pyrrole nitrogens is 1. The van der Waals surface area contributed by atoms with Gasteiger partial charge in [0.1, 0.15) is 11.4 Å². The second-order valence-corrected chi connectivity index (χ2v) is 6.77. The van der Waals surface area contributed by atoms with E-state index in [0.29, 0.717) is 17.1 Å². The van der Waals surface area contributed by atoms with Crippen molar-refractivity contribution in [2.24, 2.45) is 0 Å². The molecule has 0 aliphatic heterocycles. The number of benzene rings is 2. The number of aromatic nitrogens is 1. The van der Waals surface area contributed by atoms with Crippen LogP contribution in [0, 0.1) is 11.3 Å². The third kappa shape index (κ3) is 4.99. The number of nitrogens with two attached hydrogens (primary N) is 1. The fraction of sp³-hybridized carbons (Fsp3) is 0.158. The van der Waals surface area contributed by atoms with Crippen molar-refractivity contribution in [2.75, 3.05) is 5.73 Å². The van der Waals surface area contributed by atoms with Gasteiger partial charge in [-0.2, -0.15) is 5.26 Å². The molecule has 1 aromatic heterocycles. The number of nitriles is 1. The minimum Gasteiger partial charge on any atom is -0.406 e. The SMILES string of the molecule is N#Cc1ccc(CC(c2ccc(OC(F)(F)F)cc2)c2csc(N)[nH+]2)cc1. The lowest BCUT2D eigenvalue weighted by atomic mass is 9.89. The van der Waals surface area contributed by atoms with E-state index < -0.39 is 6.36 Å². The first-order chi connectivity index (χ1) is 12.8. The van der Waals surface area contributed by atoms with E-state index in [1.165, 1.54) is 23.5 Å². The number of alkyl halides is 3. The van der Waals surface area contributed by atoms with Gasteiger partial charge in [-0.1, -0.05) is 35.6 Å². The number of hydrogen-bond donors (Lipinski definition) is 1. The first kappa shape index (κ1) is 18.7. The van der Waals surface area contributed by atoms with Crippen LogP contribution >= 0.6 is 11.3 Å². The zero-order chi connectivity index (χ0) is 19.4. The molecule has 0 spiro atoms. The lowest BCUT2D eigenvalue weighted by Gasteiger charge is -2.16. The normalized spacial score (nSPS) is 12.4. The van der Waals surface area contributed by atoms with Crippen LogP contribution in [0.2, 0.25) is 0 Å². The Kier molecular flexibility index (Phi) is 5.33. The van der Waals surface area contributed by atoms with Crippen LogP contribution in [0.3, 0.4) is 0 Å². The Morgan fingerprint density at radius 2 is 1.78 bits per heavy atom. The molecule has 0 saturated heterocycles. The van der Waals surface area contributed by atoms with Gasteiger partial charge in [0.05, 0.1) is 17.6 Å². The van der Waals surface area contributed by atoms with Crippen molar-refractivity contribution in [3.63, 3.8) is 0 Å². The fourth-order valence-corrected chi connectivity index (χ4v) is 3.41. The zero-order valence-corrected chi connectivity index (χ0v) is 14.8. The number of hydrogen-bond acceptors (Lipinski definition) is 4. The van der Waals surface area contributed by atoms with E-state index in [1.807, 2.05) is 17.5 Å². The average molecular weight is 390 g/mol. The summed E-state index contributed by atoms with van der Waals surface area (Å²) in [6, 6.07) is 15.1. The van der Waals surface area contributed by atoms with Crippen LogP contribution in [-0.2, 0) is 6.42 Å². The summed E-state index contributed by atoms with van der Waals surface area (Å²) in [5.74, 6) is -0.399. The van der Waals surface area contributed by atoms with Gasteiger partial charge in [0.2, 0.25) is 0 Å². The molecule has 2 aromatic carbocycles. The second-order valence-electron chi connectivity index (χ2n) is 5.86. The number of nitrogens with zero attached hydrogens (tertiary/aromatic N) is 1. The van der Waals surface area contributed by atoms with Crippen molar-refractivity contribution >= 4 is 16.5 Å². The van der Waals surface area contributed by atoms with Gasteiger partial charge in [-0.3, -0.25) is 5.73 Å². The Labute approximate surface area is 157 Å². The highest BCUT2D eigenvalue weighted by Crippen LogP contribution is 2.31. The highest BCUT2D eigenvalue weighted by atomic mass is 32.1. The molecular weight excluding hydrogens is 375 g/mol. The van der Waals surface area contributed by atoms with Gasteiger partial charge in [0.25, 0.3) is 0 Å². The quantitative estimate of drug-likeness (QED) is 0.706. The number of anilines is 1. The maximum atomic E-state index is 12.4. The van der Waals surface area contributed by atoms with Crippen molar-refractivity contribution in [3.8, 4) is 11.8 Å². The van der Waals surface area contributed by atoms with Gasteiger partial charge in [0, 0.05) is 5.38 Å². The summed E-state index contributed by atoms with van der Waals surface area (Å²) in [5.41, 5.74) is 9.05. The largest absolute Gasteiger partial charge is 0.573 e. The molecule has 3 N–H and O–H groups in total. The van der Waals surface area contributed by atoms with Crippen LogP contribution < -0.4 is 15.5 Å². The average Bonchev–Trinajstić information content (AvgIpc) is 3.06. The molecule has 1 heterocycles. The molecule has 8 heteroatoms. The Morgan fingerprint density at radius 1 is 1.11 bits per heavy atom. The first-order valence-corrected chi connectivity index (χ1v) is 8.83. The van der Waals surface area contributed by atoms with Crippen molar-refractivity contribution in [1.82, 2.24) is 0 Å². The van der Waals surface area contributed by atoms with Crippen LogP contribution in [0.5, 0.6) is 5.75 Å². The lowest BCUT2D eigenvalue weighted by molar-refractivity contribution is -0.368. The van der Waals surface area contributed by atoms with Crippen molar-refractivity contribution in [3.05, 3.63) is 76.3 Å². The molecule has 0 amide bonds. The van der Waals surface area contributed by atoms with Gasteiger partial charge in [0.15, 0.2) is 0 Å². The molecule has 3 aromatic rings. The number of halogens is 3. The number of ether oxygens (including phenoxy) is 1. The summed E-state index contributed by atoms with van der Waals surface area (Å²) in [5, 5.41) is 11.4. The summed E-state index contributed by atoms with van der Waals surface area (Å²) in [7, 11) is 0. The maximum absolute atomic E-state index is 12.4. The van der Waals surface area contributed by atoms with Crippen LogP contribution in [-0.4, -0.2) is 6.36 Å². The molecule has 0 saturated carbocycles. The summed E-state index contributed by atoms with van der Waals surface area (Å²) in [6.07, 6.45) is -4.13. The third-order valence-corrected chi connectivity index (χ3v) is 4.72. The molecule has 0 radical (unpaired) electrons. The number of rotatable bonds is 5. The predicted molar refractivity (Wildman–Crippen MR) is 95.1 cm³/mol. The van der Waals surface area contributed by atoms with Crippen molar-refractivity contribution in [2.45, 2.75) is 18.7 Å². The van der Waals surface area contributed by atoms with Crippen LogP contribution in [0.15, 0.2) is 53.9 Å². The van der Waals surface area contributed by atoms with E-state index in [9.17, 15) is 13.2 Å². The molecule has 4 nitrogen and oxygen atoms in total. The molecule has 0 bridgehead atoms. The summed E-state index contributed by atoms with van der Waals surface area (Å²) < 4.78 is 41.0. The molecule has 3 rings (SSSR count). The second kappa shape index (κ2) is 7.68. The van der Waals surface area contributed by atoms with E-state index in [1.54, 1.807) is 24.3 Å². The molecule has 0 aliphatic carbocycles. The highest BCUT2D eigenvalue weighted by molar-refractivity contribution is 7.13. The van der Waals surface area contributed by atoms with Crippen LogP contribution in [0.1, 0.15) is 28.3 Å². The number of thiazole rings is 1. The molecule has 1 atom stereocenters. The summed E-state index contributed by atoms with van der Waals surface area (Å²) in [4.78, 5) is 3.10. The molecule has 27 heavy (non-hydrogen) atoms. The van der Waals surface area contributed by atoms with E-state index in [2.05, 4.69) is 15.8 Å². The Bertz CT molecular complexity index is 944. The molecule has 0 aliphatic rings. The third-order valence-electron chi connectivity index (χ3n) is 3.99. The lowest BCUT2D eigenvalue weighted by Crippen LogP contribution is -2.18. The molecule has 138 valence electrons. The first-order valence-electron chi connectivity index (χ1n) is 7.95. The molecule has 0 fully saturated rings. The van der Waals surface area contributed by atoms with Crippen molar-refractivity contribution < 1.29 is 22.9 Å². The van der Waals surface area contributed by atoms with Crippen LogP contribution in [0.25, 0.3) is 0 Å². The van der Waals surface area contributed by atoms with E-state index in [0.717, 1.165) is 16.8 Å². The topological polar surface area (TPSA) is 73.2 Å². The minimum absolute atomic E-state index is 0.133. The fourth-order valence-electron chi connectivity index (χ4n) is 2.76. The number of nitrogens with one attached hydrogen (secondary N) is 1. The van der Waals surface area contributed by atoms with E-state index >= 15 is 0 Å². The van der Waals surface area contributed by atoms with Gasteiger partial charge in [-0.15, -0.1) is 13.2 Å². The Hall–Kier alpha value is -3.05. The summed E-state index contributed by atoms with van der Waals surface area (Å²) >= 11 is 1.36. The smallest absolute Gasteiger partial charge is 0.406 e.